The lowest BCUT2D eigenvalue weighted by Crippen LogP contribution is -2.33. The zero-order chi connectivity index (χ0) is 43.3. The number of nitrogens with zero attached hydrogens (tertiary/aromatic N) is 2. The molecule has 0 bridgehead atoms. The van der Waals surface area contributed by atoms with E-state index in [0.29, 0.717) is 27.7 Å². The van der Waals surface area contributed by atoms with Gasteiger partial charge >= 0.3 is 6.18 Å². The summed E-state index contributed by atoms with van der Waals surface area (Å²) in [6.45, 7) is 0. The maximum absolute atomic E-state index is 15.5. The van der Waals surface area contributed by atoms with Gasteiger partial charge in [-0.05, 0) is 104 Å². The zero-order valence-corrected chi connectivity index (χ0v) is 34.3. The molecule has 0 N–H and O–H groups in total. The Balaban J connectivity index is 1.18. The molecule has 308 valence electrons. The second kappa shape index (κ2) is 12.7. The van der Waals surface area contributed by atoms with E-state index in [4.69, 9.17) is 4.42 Å². The number of fused-ring (bicyclic) bond motifs is 19. The lowest BCUT2D eigenvalue weighted by Gasteiger charge is -2.40. The van der Waals surface area contributed by atoms with Crippen LogP contribution < -0.4 is 4.90 Å². The molecule has 2 aromatic heterocycles. The Kier molecular flexibility index (Phi) is 7.12. The van der Waals surface area contributed by atoms with Gasteiger partial charge in [-0.2, -0.15) is 13.2 Å². The summed E-state index contributed by atoms with van der Waals surface area (Å²) in [4.78, 5) is 1.99. The standard InChI is InChI=1S/C58H32F4N2O/c59-47-22-10-18-41-42-19-11-25-50(56(42)65-55(41)47)63(35-29-27-34(28-30-35)58(60,61)62)51-32-46-53(39-16-4-3-14-37(39)51)52-36-13-2-1-12-33(36)26-31-44(52)57(46)43-20-6-8-24-49(43)64-48-23-7-5-15-38(48)40-17-9-21-45(57)54(40)64/h1-32H. The number of hydrogen-bond donors (Lipinski definition) is 0. The Labute approximate surface area is 368 Å². The van der Waals surface area contributed by atoms with Crippen molar-refractivity contribution >= 4 is 82.4 Å². The molecular weight excluding hydrogens is 817 g/mol. The van der Waals surface area contributed by atoms with E-state index in [1.807, 2.05) is 35.2 Å². The van der Waals surface area contributed by atoms with Gasteiger partial charge in [0.2, 0.25) is 0 Å². The van der Waals surface area contributed by atoms with Crippen LogP contribution in [-0.2, 0) is 11.6 Å². The Bertz CT molecular complexity index is 4030. The molecule has 1 spiro atoms. The lowest BCUT2D eigenvalue weighted by atomic mass is 9.65. The molecule has 14 rings (SSSR count). The van der Waals surface area contributed by atoms with Gasteiger partial charge in [0.25, 0.3) is 0 Å². The molecule has 1 atom stereocenters. The summed E-state index contributed by atoms with van der Waals surface area (Å²) in [6, 6.07) is 63.4. The number of alkyl halides is 3. The summed E-state index contributed by atoms with van der Waals surface area (Å²) in [5, 5.41) is 7.74. The third-order valence-corrected chi connectivity index (χ3v) is 14.0. The van der Waals surface area contributed by atoms with Crippen LogP contribution in [0.15, 0.2) is 199 Å². The summed E-state index contributed by atoms with van der Waals surface area (Å²) in [6.07, 6.45) is -4.54. The monoisotopic (exact) mass is 848 g/mol. The highest BCUT2D eigenvalue weighted by atomic mass is 19.4. The summed E-state index contributed by atoms with van der Waals surface area (Å²) in [7, 11) is 0. The fourth-order valence-electron chi connectivity index (χ4n) is 11.5. The van der Waals surface area contributed by atoms with Crippen molar-refractivity contribution in [1.82, 2.24) is 4.57 Å². The van der Waals surface area contributed by atoms with E-state index in [9.17, 15) is 13.2 Å². The van der Waals surface area contributed by atoms with Gasteiger partial charge in [0.05, 0.1) is 39.1 Å². The van der Waals surface area contributed by atoms with Gasteiger partial charge in [0, 0.05) is 32.6 Å². The van der Waals surface area contributed by atoms with Crippen LogP contribution in [0.1, 0.15) is 27.8 Å². The first-order valence-electron chi connectivity index (χ1n) is 21.6. The van der Waals surface area contributed by atoms with Crippen LogP contribution >= 0.6 is 0 Å². The molecule has 1 aliphatic carbocycles. The topological polar surface area (TPSA) is 21.3 Å². The van der Waals surface area contributed by atoms with E-state index in [-0.39, 0.29) is 5.58 Å². The first kappa shape index (κ1) is 36.3. The number of aromatic nitrogens is 1. The molecule has 1 aliphatic heterocycles. The van der Waals surface area contributed by atoms with Gasteiger partial charge < -0.3 is 13.9 Å². The van der Waals surface area contributed by atoms with E-state index in [0.717, 1.165) is 100 Å². The van der Waals surface area contributed by atoms with Crippen LogP contribution in [0.3, 0.4) is 0 Å². The molecule has 0 saturated heterocycles. The summed E-state index contributed by atoms with van der Waals surface area (Å²) in [5.74, 6) is -0.497. The van der Waals surface area contributed by atoms with Crippen molar-refractivity contribution in [1.29, 1.82) is 0 Å². The summed E-state index contributed by atoms with van der Waals surface area (Å²) in [5.41, 5.74) is 10.7. The number of para-hydroxylation sites is 5. The predicted octanol–water partition coefficient (Wildman–Crippen LogP) is 16.3. The number of anilines is 3. The van der Waals surface area contributed by atoms with Crippen molar-refractivity contribution in [3.8, 4) is 16.8 Å². The Morgan fingerprint density at radius 3 is 1.92 bits per heavy atom. The molecule has 2 aliphatic rings. The number of benzene rings is 10. The van der Waals surface area contributed by atoms with Gasteiger partial charge in [-0.3, -0.25) is 0 Å². The summed E-state index contributed by atoms with van der Waals surface area (Å²) >= 11 is 0. The highest BCUT2D eigenvalue weighted by molar-refractivity contribution is 6.19. The molecule has 1 unspecified atom stereocenters. The number of rotatable bonds is 3. The van der Waals surface area contributed by atoms with Crippen molar-refractivity contribution < 1.29 is 22.0 Å². The normalized spacial score (nSPS) is 15.1. The number of halogens is 4. The third-order valence-electron chi connectivity index (χ3n) is 14.0. The Hall–Kier alpha value is -8.16. The van der Waals surface area contributed by atoms with Crippen LogP contribution in [0.2, 0.25) is 0 Å². The molecule has 65 heavy (non-hydrogen) atoms. The average molecular weight is 849 g/mol. The minimum Gasteiger partial charge on any atom is -0.451 e. The number of hydrogen-bond acceptors (Lipinski definition) is 2. The highest BCUT2D eigenvalue weighted by Crippen LogP contribution is 2.64. The molecule has 3 heterocycles. The molecule has 0 amide bonds. The average Bonchev–Trinajstić information content (AvgIpc) is 3.99. The van der Waals surface area contributed by atoms with Crippen LogP contribution in [0.5, 0.6) is 0 Å². The van der Waals surface area contributed by atoms with E-state index < -0.39 is 23.0 Å². The van der Waals surface area contributed by atoms with Gasteiger partial charge in [-0.25, -0.2) is 4.39 Å². The van der Waals surface area contributed by atoms with E-state index in [1.54, 1.807) is 6.07 Å². The SMILES string of the molecule is Fc1cccc2c1oc1c(N(c3ccc(C(F)(F)F)cc3)c3cc4c(c5ccccc35)-c3c(ccc5ccccc35)C43c4ccccc4-n4c5ccccc5c5cccc3c54)cccc12. The fourth-order valence-corrected chi connectivity index (χ4v) is 11.5. The highest BCUT2D eigenvalue weighted by Gasteiger charge is 2.52. The van der Waals surface area contributed by atoms with Crippen molar-refractivity contribution in [3.05, 3.63) is 228 Å². The van der Waals surface area contributed by atoms with Crippen LogP contribution in [-0.4, -0.2) is 4.57 Å². The van der Waals surface area contributed by atoms with E-state index >= 15 is 4.39 Å². The van der Waals surface area contributed by atoms with Crippen molar-refractivity contribution in [3.63, 3.8) is 0 Å². The van der Waals surface area contributed by atoms with Crippen LogP contribution in [0, 0.1) is 5.82 Å². The van der Waals surface area contributed by atoms with Crippen molar-refractivity contribution in [2.75, 3.05) is 4.90 Å². The minimum atomic E-state index is -4.54. The Morgan fingerprint density at radius 1 is 0.462 bits per heavy atom. The number of furan rings is 1. The van der Waals surface area contributed by atoms with Gasteiger partial charge in [-0.1, -0.05) is 140 Å². The molecule has 7 heteroatoms. The molecule has 10 aromatic carbocycles. The fraction of sp³-hybridized carbons (Fsp3) is 0.0345. The molecule has 0 saturated carbocycles. The van der Waals surface area contributed by atoms with Crippen molar-refractivity contribution in [2.24, 2.45) is 0 Å². The molecule has 12 aromatic rings. The molecule has 0 fully saturated rings. The molecule has 0 radical (unpaired) electrons. The van der Waals surface area contributed by atoms with Crippen LogP contribution in [0.25, 0.3) is 82.1 Å². The lowest BCUT2D eigenvalue weighted by molar-refractivity contribution is -0.137. The molecular formula is C58H32F4N2O. The van der Waals surface area contributed by atoms with Crippen LogP contribution in [0.4, 0.5) is 34.6 Å². The van der Waals surface area contributed by atoms with Gasteiger partial charge in [-0.15, -0.1) is 0 Å². The maximum atomic E-state index is 15.5. The maximum Gasteiger partial charge on any atom is 0.416 e. The second-order valence-electron chi connectivity index (χ2n) is 17.1. The van der Waals surface area contributed by atoms with Gasteiger partial charge in [0.1, 0.15) is 0 Å². The molecule has 3 nitrogen and oxygen atoms in total. The van der Waals surface area contributed by atoms with E-state index in [2.05, 4.69) is 132 Å². The second-order valence-corrected chi connectivity index (χ2v) is 17.1. The first-order valence-corrected chi connectivity index (χ1v) is 21.6. The van der Waals surface area contributed by atoms with E-state index in [1.165, 1.54) is 18.2 Å². The Morgan fingerprint density at radius 2 is 1.09 bits per heavy atom. The minimum absolute atomic E-state index is 0.115. The smallest absolute Gasteiger partial charge is 0.416 e. The largest absolute Gasteiger partial charge is 0.451 e. The summed E-state index contributed by atoms with van der Waals surface area (Å²) < 4.78 is 67.2. The quantitative estimate of drug-likeness (QED) is 0.165. The zero-order valence-electron chi connectivity index (χ0n) is 34.3. The third kappa shape index (κ3) is 4.64. The van der Waals surface area contributed by atoms with Crippen molar-refractivity contribution in [2.45, 2.75) is 11.6 Å². The van der Waals surface area contributed by atoms with Gasteiger partial charge in [0.15, 0.2) is 17.0 Å². The predicted molar refractivity (Wildman–Crippen MR) is 254 cm³/mol. The first-order chi connectivity index (χ1) is 31.8.